The third-order valence-electron chi connectivity index (χ3n) is 3.61. The van der Waals surface area contributed by atoms with Crippen molar-refractivity contribution in [3.8, 4) is 6.07 Å². The van der Waals surface area contributed by atoms with Gasteiger partial charge in [0, 0.05) is 19.2 Å². The molecule has 20 heavy (non-hydrogen) atoms. The lowest BCUT2D eigenvalue weighted by Crippen LogP contribution is -2.44. The van der Waals surface area contributed by atoms with Crippen LogP contribution in [0.3, 0.4) is 0 Å². The Hall–Kier alpha value is -1.42. The molecule has 0 heterocycles. The van der Waals surface area contributed by atoms with Crippen LogP contribution in [0.25, 0.3) is 0 Å². The molecule has 5 nitrogen and oxygen atoms in total. The van der Waals surface area contributed by atoms with Gasteiger partial charge in [-0.05, 0) is 43.5 Å². The molecule has 0 bridgehead atoms. The number of hydrogen-bond donors (Lipinski definition) is 1. The maximum atomic E-state index is 12.6. The Labute approximate surface area is 119 Å². The molecule has 0 atom stereocenters. The maximum absolute atomic E-state index is 12.6. The first-order chi connectivity index (χ1) is 9.59. The lowest BCUT2D eigenvalue weighted by molar-refractivity contribution is 0.198. The number of nitriles is 1. The van der Waals surface area contributed by atoms with Crippen molar-refractivity contribution in [2.45, 2.75) is 36.6 Å². The van der Waals surface area contributed by atoms with Crippen molar-refractivity contribution in [1.82, 2.24) is 4.31 Å². The van der Waals surface area contributed by atoms with E-state index < -0.39 is 10.0 Å². The SMILES string of the molecule is N#Cc1ccc(S(=O)(=O)N(CCCO)C2CCC2)cc1. The van der Waals surface area contributed by atoms with Crippen molar-refractivity contribution in [3.63, 3.8) is 0 Å². The predicted molar refractivity (Wildman–Crippen MR) is 74.4 cm³/mol. The van der Waals surface area contributed by atoms with E-state index in [1.807, 2.05) is 6.07 Å². The molecule has 0 amide bonds. The Morgan fingerprint density at radius 3 is 2.40 bits per heavy atom. The summed E-state index contributed by atoms with van der Waals surface area (Å²) in [5.74, 6) is 0. The van der Waals surface area contributed by atoms with E-state index in [0.717, 1.165) is 19.3 Å². The normalized spacial score (nSPS) is 15.8. The van der Waals surface area contributed by atoms with Crippen molar-refractivity contribution in [3.05, 3.63) is 29.8 Å². The van der Waals surface area contributed by atoms with Gasteiger partial charge < -0.3 is 5.11 Å². The van der Waals surface area contributed by atoms with Crippen LogP contribution in [0, 0.1) is 11.3 Å². The molecule has 0 spiro atoms. The summed E-state index contributed by atoms with van der Waals surface area (Å²) in [6.07, 6.45) is 3.23. The van der Waals surface area contributed by atoms with E-state index in [1.54, 1.807) is 0 Å². The number of rotatable bonds is 6. The van der Waals surface area contributed by atoms with E-state index in [1.165, 1.54) is 28.6 Å². The molecular weight excluding hydrogens is 276 g/mol. The standard InChI is InChI=1S/C14H18N2O3S/c15-11-12-5-7-14(8-6-12)20(18,19)16(9-2-10-17)13-3-1-4-13/h5-8,13,17H,1-4,9-10H2. The first-order valence-electron chi connectivity index (χ1n) is 6.72. The zero-order valence-corrected chi connectivity index (χ0v) is 12.0. The Morgan fingerprint density at radius 2 is 1.95 bits per heavy atom. The summed E-state index contributed by atoms with van der Waals surface area (Å²) in [5.41, 5.74) is 0.439. The molecule has 6 heteroatoms. The summed E-state index contributed by atoms with van der Waals surface area (Å²) in [7, 11) is -3.55. The van der Waals surface area contributed by atoms with Gasteiger partial charge in [0.1, 0.15) is 0 Å². The second-order valence-electron chi connectivity index (χ2n) is 4.91. The van der Waals surface area contributed by atoms with Crippen LogP contribution in [0.15, 0.2) is 29.2 Å². The van der Waals surface area contributed by atoms with Crippen LogP contribution in [0.4, 0.5) is 0 Å². The molecule has 1 saturated carbocycles. The highest BCUT2D eigenvalue weighted by Gasteiger charge is 2.34. The fourth-order valence-electron chi connectivity index (χ4n) is 2.24. The van der Waals surface area contributed by atoms with Gasteiger partial charge in [-0.15, -0.1) is 0 Å². The minimum absolute atomic E-state index is 0.0217. The molecule has 1 fully saturated rings. The van der Waals surface area contributed by atoms with Gasteiger partial charge in [-0.2, -0.15) is 9.57 Å². The second-order valence-corrected chi connectivity index (χ2v) is 6.80. The van der Waals surface area contributed by atoms with Crippen molar-refractivity contribution < 1.29 is 13.5 Å². The van der Waals surface area contributed by atoms with Crippen LogP contribution in [0.5, 0.6) is 0 Å². The van der Waals surface area contributed by atoms with Gasteiger partial charge in [0.15, 0.2) is 0 Å². The molecule has 108 valence electrons. The first kappa shape index (κ1) is 15.0. The van der Waals surface area contributed by atoms with Crippen LogP contribution in [0.2, 0.25) is 0 Å². The fraction of sp³-hybridized carbons (Fsp3) is 0.500. The molecule has 1 aliphatic carbocycles. The molecule has 0 aliphatic heterocycles. The van der Waals surface area contributed by atoms with Gasteiger partial charge in [0.25, 0.3) is 0 Å². The zero-order valence-electron chi connectivity index (χ0n) is 11.2. The van der Waals surface area contributed by atoms with E-state index in [9.17, 15) is 8.42 Å². The van der Waals surface area contributed by atoms with E-state index in [0.29, 0.717) is 18.5 Å². The lowest BCUT2D eigenvalue weighted by atomic mass is 9.93. The van der Waals surface area contributed by atoms with Crippen molar-refractivity contribution in [2.24, 2.45) is 0 Å². The summed E-state index contributed by atoms with van der Waals surface area (Å²) in [5, 5.41) is 17.7. The van der Waals surface area contributed by atoms with Crippen LogP contribution >= 0.6 is 0 Å². The number of benzene rings is 1. The number of aliphatic hydroxyl groups is 1. The molecule has 2 rings (SSSR count). The first-order valence-corrected chi connectivity index (χ1v) is 8.16. The van der Waals surface area contributed by atoms with Gasteiger partial charge in [-0.3, -0.25) is 0 Å². The molecule has 0 radical (unpaired) electrons. The van der Waals surface area contributed by atoms with Crippen molar-refractivity contribution in [2.75, 3.05) is 13.2 Å². The number of hydrogen-bond acceptors (Lipinski definition) is 4. The lowest BCUT2D eigenvalue weighted by Gasteiger charge is -2.36. The minimum Gasteiger partial charge on any atom is -0.396 e. The summed E-state index contributed by atoms with van der Waals surface area (Å²) in [4.78, 5) is 0.210. The Morgan fingerprint density at radius 1 is 1.30 bits per heavy atom. The van der Waals surface area contributed by atoms with E-state index in [4.69, 9.17) is 10.4 Å². The monoisotopic (exact) mass is 294 g/mol. The topological polar surface area (TPSA) is 81.4 Å². The van der Waals surface area contributed by atoms with Gasteiger partial charge >= 0.3 is 0 Å². The van der Waals surface area contributed by atoms with E-state index >= 15 is 0 Å². The molecule has 0 unspecified atom stereocenters. The van der Waals surface area contributed by atoms with Gasteiger partial charge in [-0.1, -0.05) is 6.42 Å². The maximum Gasteiger partial charge on any atom is 0.243 e. The summed E-state index contributed by atoms with van der Waals surface area (Å²) in [6, 6.07) is 7.98. The summed E-state index contributed by atoms with van der Waals surface area (Å²) < 4.78 is 26.8. The van der Waals surface area contributed by atoms with Crippen LogP contribution in [-0.4, -0.2) is 37.0 Å². The quantitative estimate of drug-likeness (QED) is 0.861. The Balaban J connectivity index is 2.26. The molecule has 1 aromatic carbocycles. The molecule has 1 aromatic rings. The summed E-state index contributed by atoms with van der Waals surface area (Å²) in [6.45, 7) is 0.315. The minimum atomic E-state index is -3.55. The third kappa shape index (κ3) is 3.01. The average molecular weight is 294 g/mol. The van der Waals surface area contributed by atoms with Gasteiger partial charge in [0.05, 0.1) is 16.5 Å². The number of sulfonamides is 1. The third-order valence-corrected chi connectivity index (χ3v) is 5.57. The van der Waals surface area contributed by atoms with Crippen LogP contribution in [0.1, 0.15) is 31.2 Å². The molecular formula is C14H18N2O3S. The average Bonchev–Trinajstić information content (AvgIpc) is 2.41. The van der Waals surface area contributed by atoms with Crippen molar-refractivity contribution in [1.29, 1.82) is 5.26 Å². The van der Waals surface area contributed by atoms with Gasteiger partial charge in [-0.25, -0.2) is 8.42 Å². The predicted octanol–water partition coefficient (Wildman–Crippen LogP) is 1.48. The van der Waals surface area contributed by atoms with Gasteiger partial charge in [0.2, 0.25) is 10.0 Å². The number of nitrogens with zero attached hydrogens (tertiary/aromatic N) is 2. The number of aliphatic hydroxyl groups excluding tert-OH is 1. The molecule has 0 aromatic heterocycles. The highest BCUT2D eigenvalue weighted by molar-refractivity contribution is 7.89. The zero-order chi connectivity index (χ0) is 14.6. The highest BCUT2D eigenvalue weighted by Crippen LogP contribution is 2.30. The largest absolute Gasteiger partial charge is 0.396 e. The summed E-state index contributed by atoms with van der Waals surface area (Å²) >= 11 is 0. The van der Waals surface area contributed by atoms with Crippen LogP contribution in [-0.2, 0) is 10.0 Å². The van der Waals surface area contributed by atoms with E-state index in [2.05, 4.69) is 0 Å². The molecule has 0 saturated heterocycles. The fourth-order valence-corrected chi connectivity index (χ4v) is 3.96. The van der Waals surface area contributed by atoms with Crippen molar-refractivity contribution >= 4 is 10.0 Å². The Bertz CT molecular complexity index is 586. The van der Waals surface area contributed by atoms with Crippen LogP contribution < -0.4 is 0 Å². The van der Waals surface area contributed by atoms with E-state index in [-0.39, 0.29) is 17.5 Å². The second kappa shape index (κ2) is 6.35. The molecule has 1 N–H and O–H groups in total. The smallest absolute Gasteiger partial charge is 0.243 e. The molecule has 1 aliphatic rings. The Kier molecular flexibility index (Phi) is 4.76. The highest BCUT2D eigenvalue weighted by atomic mass is 32.2.